The van der Waals surface area contributed by atoms with Crippen LogP contribution in [0.3, 0.4) is 0 Å². The summed E-state index contributed by atoms with van der Waals surface area (Å²) >= 11 is 0. The van der Waals surface area contributed by atoms with Crippen molar-refractivity contribution in [2.24, 2.45) is 0 Å². The number of hydrogen-bond acceptors (Lipinski definition) is 2. The molecule has 0 fully saturated rings. The zero-order chi connectivity index (χ0) is 23.1. The van der Waals surface area contributed by atoms with Gasteiger partial charge in [0.15, 0.2) is 0 Å². The predicted molar refractivity (Wildman–Crippen MR) is 140 cm³/mol. The lowest BCUT2D eigenvalue weighted by Gasteiger charge is -2.10. The molecular formula is C30H23NO2S. The first kappa shape index (κ1) is 20.7. The zero-order valence-electron chi connectivity index (χ0n) is 18.6. The second kappa shape index (κ2) is 8.15. The molecule has 0 saturated heterocycles. The molecule has 166 valence electrons. The van der Waals surface area contributed by atoms with Crippen molar-refractivity contribution >= 4 is 42.6 Å². The fourth-order valence-electron chi connectivity index (χ4n) is 4.78. The predicted octanol–water partition coefficient (Wildman–Crippen LogP) is 6.97. The summed E-state index contributed by atoms with van der Waals surface area (Å²) in [5.74, 6) is 0. The molecule has 6 aromatic rings. The van der Waals surface area contributed by atoms with Gasteiger partial charge in [0.1, 0.15) is 0 Å². The van der Waals surface area contributed by atoms with Gasteiger partial charge in [-0.1, -0.05) is 91.0 Å². The Hall–Kier alpha value is -3.89. The second-order valence-electron chi connectivity index (χ2n) is 8.63. The number of aromatic nitrogens is 1. The maximum absolute atomic E-state index is 13.7. The molecule has 34 heavy (non-hydrogen) atoms. The van der Waals surface area contributed by atoms with E-state index < -0.39 is 10.0 Å². The van der Waals surface area contributed by atoms with E-state index in [1.54, 1.807) is 24.3 Å². The minimum atomic E-state index is -3.74. The quantitative estimate of drug-likeness (QED) is 0.278. The van der Waals surface area contributed by atoms with E-state index in [0.717, 1.165) is 34.7 Å². The summed E-state index contributed by atoms with van der Waals surface area (Å²) in [6.07, 6.45) is 1.73. The monoisotopic (exact) mass is 461 g/mol. The Labute approximate surface area is 199 Å². The average molecular weight is 462 g/mol. The Morgan fingerprint density at radius 3 is 1.97 bits per heavy atom. The van der Waals surface area contributed by atoms with Gasteiger partial charge in [0.2, 0.25) is 0 Å². The molecule has 0 saturated carbocycles. The fraction of sp³-hybridized carbons (Fsp3) is 0.0667. The van der Waals surface area contributed by atoms with Crippen LogP contribution >= 0.6 is 0 Å². The van der Waals surface area contributed by atoms with E-state index in [4.69, 9.17) is 0 Å². The maximum atomic E-state index is 13.7. The van der Waals surface area contributed by atoms with Crippen LogP contribution in [-0.2, 0) is 22.9 Å². The second-order valence-corrected chi connectivity index (χ2v) is 10.4. The molecule has 5 aromatic carbocycles. The average Bonchev–Trinajstić information content (AvgIpc) is 3.22. The Morgan fingerprint density at radius 2 is 1.15 bits per heavy atom. The van der Waals surface area contributed by atoms with Crippen molar-refractivity contribution < 1.29 is 8.42 Å². The molecule has 0 amide bonds. The van der Waals surface area contributed by atoms with Crippen molar-refractivity contribution in [2.45, 2.75) is 17.7 Å². The van der Waals surface area contributed by atoms with Gasteiger partial charge < -0.3 is 0 Å². The van der Waals surface area contributed by atoms with E-state index >= 15 is 0 Å². The molecule has 0 N–H and O–H groups in total. The molecule has 6 rings (SSSR count). The van der Waals surface area contributed by atoms with E-state index in [1.807, 2.05) is 36.4 Å². The van der Waals surface area contributed by atoms with E-state index in [2.05, 4.69) is 54.6 Å². The molecule has 4 heteroatoms. The van der Waals surface area contributed by atoms with Crippen LogP contribution in [0.25, 0.3) is 32.6 Å². The van der Waals surface area contributed by atoms with Gasteiger partial charge >= 0.3 is 0 Å². The molecule has 3 nitrogen and oxygen atoms in total. The van der Waals surface area contributed by atoms with Crippen LogP contribution in [0, 0.1) is 0 Å². The largest absolute Gasteiger partial charge is 0.268 e. The van der Waals surface area contributed by atoms with Gasteiger partial charge in [0, 0.05) is 10.8 Å². The summed E-state index contributed by atoms with van der Waals surface area (Å²) in [7, 11) is -3.74. The number of fused-ring (bicyclic) bond motifs is 4. The molecule has 1 heterocycles. The van der Waals surface area contributed by atoms with Crippen LogP contribution in [-0.4, -0.2) is 12.4 Å². The molecular weight excluding hydrogens is 438 g/mol. The number of para-hydroxylation sites is 1. The van der Waals surface area contributed by atoms with Gasteiger partial charge in [-0.25, -0.2) is 12.4 Å². The maximum Gasteiger partial charge on any atom is 0.268 e. The molecule has 0 aliphatic heterocycles. The topological polar surface area (TPSA) is 39.1 Å². The van der Waals surface area contributed by atoms with E-state index in [1.165, 1.54) is 20.3 Å². The van der Waals surface area contributed by atoms with Crippen LogP contribution in [0.15, 0.2) is 120 Å². The minimum Gasteiger partial charge on any atom is -0.233 e. The van der Waals surface area contributed by atoms with Crippen molar-refractivity contribution in [3.8, 4) is 0 Å². The number of aryl methyl sites for hydroxylation is 2. The van der Waals surface area contributed by atoms with Gasteiger partial charge in [0.25, 0.3) is 10.0 Å². The zero-order valence-corrected chi connectivity index (χ0v) is 19.4. The lowest BCUT2D eigenvalue weighted by molar-refractivity contribution is 0.590. The lowest BCUT2D eigenvalue weighted by atomic mass is 10.0. The Balaban J connectivity index is 1.44. The number of hydrogen-bond donors (Lipinski definition) is 0. The van der Waals surface area contributed by atoms with E-state index in [-0.39, 0.29) is 0 Å². The summed E-state index contributed by atoms with van der Waals surface area (Å²) in [5, 5.41) is 4.37. The molecule has 0 spiro atoms. The third kappa shape index (κ3) is 3.47. The highest BCUT2D eigenvalue weighted by Crippen LogP contribution is 2.33. The van der Waals surface area contributed by atoms with Crippen molar-refractivity contribution in [2.75, 3.05) is 0 Å². The van der Waals surface area contributed by atoms with Crippen LogP contribution in [0.2, 0.25) is 0 Å². The van der Waals surface area contributed by atoms with Gasteiger partial charge in [-0.3, -0.25) is 0 Å². The van der Waals surface area contributed by atoms with Crippen LogP contribution in [0.5, 0.6) is 0 Å². The summed E-state index contributed by atoms with van der Waals surface area (Å²) in [5.41, 5.74) is 3.82. The van der Waals surface area contributed by atoms with E-state index in [9.17, 15) is 8.42 Å². The molecule has 0 atom stereocenters. The summed E-state index contributed by atoms with van der Waals surface area (Å²) in [6.45, 7) is 0. The highest BCUT2D eigenvalue weighted by molar-refractivity contribution is 7.90. The fourth-order valence-corrected chi connectivity index (χ4v) is 6.32. The number of nitrogens with zero attached hydrogens (tertiary/aromatic N) is 1. The first-order valence-electron chi connectivity index (χ1n) is 11.4. The smallest absolute Gasteiger partial charge is 0.233 e. The normalized spacial score (nSPS) is 12.0. The van der Waals surface area contributed by atoms with Gasteiger partial charge in [-0.15, -0.1) is 0 Å². The molecule has 1 aromatic heterocycles. The first-order valence-corrected chi connectivity index (χ1v) is 12.9. The van der Waals surface area contributed by atoms with Crippen molar-refractivity contribution in [1.29, 1.82) is 0 Å². The number of benzene rings is 5. The van der Waals surface area contributed by atoms with Crippen molar-refractivity contribution in [3.05, 3.63) is 126 Å². The highest BCUT2D eigenvalue weighted by atomic mass is 32.2. The minimum absolute atomic E-state index is 0.291. The molecule has 0 aliphatic carbocycles. The third-order valence-electron chi connectivity index (χ3n) is 6.49. The molecule has 0 unspecified atom stereocenters. The highest BCUT2D eigenvalue weighted by Gasteiger charge is 2.23. The van der Waals surface area contributed by atoms with Crippen LogP contribution in [0.4, 0.5) is 0 Å². The Kier molecular flexibility index (Phi) is 4.96. The van der Waals surface area contributed by atoms with E-state index in [0.29, 0.717) is 10.4 Å². The Morgan fingerprint density at radius 1 is 0.529 bits per heavy atom. The van der Waals surface area contributed by atoms with Crippen molar-refractivity contribution in [3.63, 3.8) is 0 Å². The Bertz CT molecular complexity index is 1770. The van der Waals surface area contributed by atoms with Gasteiger partial charge in [-0.05, 0) is 59.0 Å². The summed E-state index contributed by atoms with van der Waals surface area (Å²) in [4.78, 5) is 0.291. The van der Waals surface area contributed by atoms with Gasteiger partial charge in [-0.2, -0.15) is 0 Å². The first-order chi connectivity index (χ1) is 16.6. The molecule has 0 bridgehead atoms. The third-order valence-corrected chi connectivity index (χ3v) is 8.23. The van der Waals surface area contributed by atoms with Crippen molar-refractivity contribution in [1.82, 2.24) is 3.97 Å². The number of rotatable bonds is 5. The SMILES string of the molecule is O=S(=O)(c1ccccc1)n1c2ccccc2c2ccc(CCc3ccc4ccccc4c3)cc21. The molecule has 0 aliphatic rings. The lowest BCUT2D eigenvalue weighted by Crippen LogP contribution is -2.12. The summed E-state index contributed by atoms with van der Waals surface area (Å²) < 4.78 is 28.9. The molecule has 0 radical (unpaired) electrons. The van der Waals surface area contributed by atoms with Gasteiger partial charge in [0.05, 0.1) is 15.9 Å². The van der Waals surface area contributed by atoms with Crippen LogP contribution < -0.4 is 0 Å². The standard InChI is InChI=1S/C30H23NO2S/c32-34(33,26-10-2-1-3-11-26)31-29-13-7-6-12-27(29)28-19-17-23(21-30(28)31)15-14-22-16-18-24-8-4-5-9-25(24)20-22/h1-13,16-21H,14-15H2. The summed E-state index contributed by atoms with van der Waals surface area (Å²) in [6, 6.07) is 37.5. The van der Waals surface area contributed by atoms with Crippen LogP contribution in [0.1, 0.15) is 11.1 Å².